The highest BCUT2D eigenvalue weighted by molar-refractivity contribution is 5.91. The third-order valence-corrected chi connectivity index (χ3v) is 4.21. The Balaban J connectivity index is 1.57. The first-order valence-corrected chi connectivity index (χ1v) is 8.61. The predicted molar refractivity (Wildman–Crippen MR) is 104 cm³/mol. The monoisotopic (exact) mass is 346 g/mol. The van der Waals surface area contributed by atoms with Crippen molar-refractivity contribution in [3.63, 3.8) is 0 Å². The third kappa shape index (κ3) is 4.66. The van der Waals surface area contributed by atoms with Gasteiger partial charge in [0.2, 0.25) is 5.91 Å². The molecule has 0 spiro atoms. The molecule has 2 aromatic carbocycles. The Kier molecular flexibility index (Phi) is 5.59. The molecule has 0 saturated carbocycles. The molecule has 0 aliphatic rings. The van der Waals surface area contributed by atoms with E-state index in [9.17, 15) is 4.79 Å². The van der Waals surface area contributed by atoms with E-state index in [0.29, 0.717) is 18.1 Å². The van der Waals surface area contributed by atoms with Crippen molar-refractivity contribution in [2.75, 3.05) is 10.6 Å². The lowest BCUT2D eigenvalue weighted by atomic mass is 10.1. The van der Waals surface area contributed by atoms with Crippen LogP contribution in [0, 0.1) is 6.92 Å². The van der Waals surface area contributed by atoms with E-state index >= 15 is 0 Å². The first-order chi connectivity index (χ1) is 12.6. The number of amides is 1. The maximum absolute atomic E-state index is 12.2. The van der Waals surface area contributed by atoms with E-state index in [4.69, 9.17) is 0 Å². The number of aromatic nitrogens is 2. The summed E-state index contributed by atoms with van der Waals surface area (Å²) < 4.78 is 0. The van der Waals surface area contributed by atoms with Crippen molar-refractivity contribution in [2.45, 2.75) is 26.3 Å². The molecule has 1 amide bonds. The summed E-state index contributed by atoms with van der Waals surface area (Å²) in [5.74, 6) is 1.01. The second kappa shape index (κ2) is 8.25. The number of nitrogens with one attached hydrogen (secondary N) is 2. The van der Waals surface area contributed by atoms with Gasteiger partial charge in [-0.15, -0.1) is 10.2 Å². The molecule has 2 N–H and O–H groups in total. The van der Waals surface area contributed by atoms with Crippen LogP contribution in [0.2, 0.25) is 0 Å². The molecule has 1 aromatic heterocycles. The van der Waals surface area contributed by atoms with Gasteiger partial charge in [0.25, 0.3) is 0 Å². The Hall–Kier alpha value is -3.21. The minimum absolute atomic E-state index is 0.105. The second-order valence-corrected chi connectivity index (χ2v) is 6.23. The zero-order chi connectivity index (χ0) is 18.4. The van der Waals surface area contributed by atoms with Crippen LogP contribution in [0.3, 0.4) is 0 Å². The summed E-state index contributed by atoms with van der Waals surface area (Å²) in [6.45, 7) is 4.06. The van der Waals surface area contributed by atoms with Crippen LogP contribution in [0.25, 0.3) is 0 Å². The number of nitrogens with zero attached hydrogens (tertiary/aromatic N) is 2. The smallest absolute Gasteiger partial charge is 0.230 e. The van der Waals surface area contributed by atoms with E-state index in [1.54, 1.807) is 6.07 Å². The summed E-state index contributed by atoms with van der Waals surface area (Å²) in [4.78, 5) is 12.2. The SMILES string of the molecule is Cc1ccccc1CC(=O)Nc1ccc(NC(C)c2ccccc2)nn1. The quantitative estimate of drug-likeness (QED) is 0.704. The lowest BCUT2D eigenvalue weighted by Crippen LogP contribution is -2.16. The fraction of sp³-hybridized carbons (Fsp3) is 0.190. The maximum Gasteiger partial charge on any atom is 0.230 e. The molecule has 0 aliphatic carbocycles. The molecule has 5 nitrogen and oxygen atoms in total. The van der Waals surface area contributed by atoms with E-state index in [2.05, 4.69) is 39.9 Å². The molecule has 26 heavy (non-hydrogen) atoms. The van der Waals surface area contributed by atoms with Gasteiger partial charge in [0.1, 0.15) is 5.82 Å². The molecule has 0 fully saturated rings. The van der Waals surface area contributed by atoms with Gasteiger partial charge in [-0.1, -0.05) is 54.6 Å². The zero-order valence-electron chi connectivity index (χ0n) is 14.9. The molecule has 132 valence electrons. The van der Waals surface area contributed by atoms with E-state index in [1.165, 1.54) is 5.56 Å². The Morgan fingerprint density at radius 2 is 1.58 bits per heavy atom. The highest BCUT2D eigenvalue weighted by Gasteiger charge is 2.09. The van der Waals surface area contributed by atoms with Crippen molar-refractivity contribution in [1.82, 2.24) is 10.2 Å². The topological polar surface area (TPSA) is 66.9 Å². The Bertz CT molecular complexity index is 863. The predicted octanol–water partition coefficient (Wildman–Crippen LogP) is 4.14. The van der Waals surface area contributed by atoms with Gasteiger partial charge in [0.05, 0.1) is 6.42 Å². The second-order valence-electron chi connectivity index (χ2n) is 6.23. The van der Waals surface area contributed by atoms with E-state index in [0.717, 1.165) is 11.1 Å². The van der Waals surface area contributed by atoms with Crippen LogP contribution >= 0.6 is 0 Å². The maximum atomic E-state index is 12.2. The molecule has 3 rings (SSSR count). The summed E-state index contributed by atoms with van der Waals surface area (Å²) in [6.07, 6.45) is 0.319. The number of benzene rings is 2. The lowest BCUT2D eigenvalue weighted by Gasteiger charge is -2.14. The molecule has 5 heteroatoms. The molecule has 3 aromatic rings. The van der Waals surface area contributed by atoms with Crippen LogP contribution in [0.4, 0.5) is 11.6 Å². The summed E-state index contributed by atoms with van der Waals surface area (Å²) >= 11 is 0. The summed E-state index contributed by atoms with van der Waals surface area (Å²) in [5, 5.41) is 14.3. The van der Waals surface area contributed by atoms with Gasteiger partial charge in [-0.25, -0.2) is 0 Å². The lowest BCUT2D eigenvalue weighted by molar-refractivity contribution is -0.115. The van der Waals surface area contributed by atoms with Gasteiger partial charge in [-0.05, 0) is 42.7 Å². The fourth-order valence-corrected chi connectivity index (χ4v) is 2.69. The van der Waals surface area contributed by atoms with Crippen molar-refractivity contribution >= 4 is 17.5 Å². The molecule has 0 radical (unpaired) electrons. The Morgan fingerprint density at radius 1 is 0.923 bits per heavy atom. The largest absolute Gasteiger partial charge is 0.362 e. The first-order valence-electron chi connectivity index (χ1n) is 8.61. The molecule has 1 heterocycles. The summed E-state index contributed by atoms with van der Waals surface area (Å²) in [5.41, 5.74) is 3.28. The van der Waals surface area contributed by atoms with E-state index in [1.807, 2.05) is 55.5 Å². The average Bonchev–Trinajstić information content (AvgIpc) is 2.66. The van der Waals surface area contributed by atoms with Gasteiger partial charge in [-0.2, -0.15) is 0 Å². The van der Waals surface area contributed by atoms with Crippen LogP contribution < -0.4 is 10.6 Å². The van der Waals surface area contributed by atoms with Crippen LogP contribution in [0.1, 0.15) is 29.7 Å². The Morgan fingerprint density at radius 3 is 2.27 bits per heavy atom. The molecule has 0 bridgehead atoms. The van der Waals surface area contributed by atoms with Crippen molar-refractivity contribution in [2.24, 2.45) is 0 Å². The number of anilines is 2. The van der Waals surface area contributed by atoms with Gasteiger partial charge < -0.3 is 10.6 Å². The number of aryl methyl sites for hydroxylation is 1. The highest BCUT2D eigenvalue weighted by Crippen LogP contribution is 2.17. The Labute approximate surface area is 153 Å². The standard InChI is InChI=1S/C21H22N4O/c1-15-8-6-7-11-18(15)14-21(26)23-20-13-12-19(24-25-20)22-16(2)17-9-4-3-5-10-17/h3-13,16H,14H2,1-2H3,(H,22,24)(H,23,25,26). The van der Waals surface area contributed by atoms with Gasteiger partial charge in [0.15, 0.2) is 5.82 Å². The first kappa shape index (κ1) is 17.6. The molecule has 0 saturated heterocycles. The van der Waals surface area contributed by atoms with Crippen molar-refractivity contribution in [3.8, 4) is 0 Å². The number of rotatable bonds is 6. The molecule has 0 aliphatic heterocycles. The highest BCUT2D eigenvalue weighted by atomic mass is 16.1. The van der Waals surface area contributed by atoms with Crippen molar-refractivity contribution in [3.05, 3.63) is 83.4 Å². The van der Waals surface area contributed by atoms with Gasteiger partial charge >= 0.3 is 0 Å². The minimum atomic E-state index is -0.105. The average molecular weight is 346 g/mol. The van der Waals surface area contributed by atoms with Crippen LogP contribution in [-0.4, -0.2) is 16.1 Å². The number of hydrogen-bond acceptors (Lipinski definition) is 4. The molecular weight excluding hydrogens is 324 g/mol. The van der Waals surface area contributed by atoms with Crippen LogP contribution in [0.15, 0.2) is 66.7 Å². The number of carbonyl (C=O) groups is 1. The third-order valence-electron chi connectivity index (χ3n) is 4.21. The summed E-state index contributed by atoms with van der Waals surface area (Å²) in [7, 11) is 0. The van der Waals surface area contributed by atoms with Gasteiger partial charge in [0, 0.05) is 6.04 Å². The number of carbonyl (C=O) groups excluding carboxylic acids is 1. The van der Waals surface area contributed by atoms with Crippen LogP contribution in [-0.2, 0) is 11.2 Å². The fourth-order valence-electron chi connectivity index (χ4n) is 2.69. The molecular formula is C21H22N4O. The summed E-state index contributed by atoms with van der Waals surface area (Å²) in [6, 6.07) is 21.7. The molecule has 1 unspecified atom stereocenters. The van der Waals surface area contributed by atoms with Crippen molar-refractivity contribution in [1.29, 1.82) is 0 Å². The van der Waals surface area contributed by atoms with Crippen molar-refractivity contribution < 1.29 is 4.79 Å². The van der Waals surface area contributed by atoms with Gasteiger partial charge in [-0.3, -0.25) is 4.79 Å². The van der Waals surface area contributed by atoms with E-state index in [-0.39, 0.29) is 11.9 Å². The molecule has 1 atom stereocenters. The zero-order valence-corrected chi connectivity index (χ0v) is 14.9. The normalized spacial score (nSPS) is 11.6. The minimum Gasteiger partial charge on any atom is -0.362 e. The number of hydrogen-bond donors (Lipinski definition) is 2. The van der Waals surface area contributed by atoms with Crippen LogP contribution in [0.5, 0.6) is 0 Å². The van der Waals surface area contributed by atoms with E-state index < -0.39 is 0 Å².